The van der Waals surface area contributed by atoms with Crippen LogP contribution in [0.5, 0.6) is 0 Å². The summed E-state index contributed by atoms with van der Waals surface area (Å²) in [5.74, 6) is -0.578. The Bertz CT molecular complexity index is 1130. The molecule has 0 saturated carbocycles. The number of nitrogens with zero attached hydrogens (tertiary/aromatic N) is 2. The highest BCUT2D eigenvalue weighted by Gasteiger charge is 2.30. The summed E-state index contributed by atoms with van der Waals surface area (Å²) in [4.78, 5) is 32.5. The van der Waals surface area contributed by atoms with Gasteiger partial charge in [-0.3, -0.25) is 9.59 Å². The molecule has 0 aliphatic carbocycles. The minimum Gasteiger partial charge on any atom is -0.351 e. The van der Waals surface area contributed by atoms with E-state index in [9.17, 15) is 22.8 Å². The van der Waals surface area contributed by atoms with Crippen molar-refractivity contribution >= 4 is 28.4 Å². The monoisotopic (exact) mass is 444 g/mol. The highest BCUT2D eigenvalue weighted by Crippen LogP contribution is 2.29. The van der Waals surface area contributed by atoms with Crippen LogP contribution in [0.1, 0.15) is 33.3 Å². The lowest BCUT2D eigenvalue weighted by Crippen LogP contribution is -2.48. The number of hydrogen-bond donors (Lipinski definition) is 2. The topological polar surface area (TPSA) is 68.4 Å². The summed E-state index contributed by atoms with van der Waals surface area (Å²) in [6, 6.07) is 10.9. The van der Waals surface area contributed by atoms with Gasteiger partial charge in [-0.25, -0.2) is 0 Å². The van der Waals surface area contributed by atoms with Crippen molar-refractivity contribution in [2.45, 2.75) is 13.1 Å². The first-order valence-electron chi connectivity index (χ1n) is 10.4. The molecule has 0 radical (unpaired) electrons. The van der Waals surface area contributed by atoms with E-state index < -0.39 is 17.6 Å². The summed E-state index contributed by atoms with van der Waals surface area (Å²) in [5, 5.41) is 3.44. The largest absolute Gasteiger partial charge is 0.416 e. The standard InChI is InChI=1S/C23H23F3N4O2/c1-2-29-9-11-30(12-10-29)22(32)20-14-16-13-18(7-8-19(16)28-20)27-21(31)15-3-5-17(6-4-15)23(24,25)26/h3-8,13-14,28H,2,9-12H2,1H3,(H,27,31). The number of aromatic nitrogens is 1. The van der Waals surface area contributed by atoms with E-state index in [-0.39, 0.29) is 11.5 Å². The Hall–Kier alpha value is -3.33. The van der Waals surface area contributed by atoms with Crippen LogP contribution < -0.4 is 5.32 Å². The lowest BCUT2D eigenvalue weighted by atomic mass is 10.1. The number of nitrogens with one attached hydrogen (secondary N) is 2. The second-order valence-corrected chi connectivity index (χ2v) is 7.74. The summed E-state index contributed by atoms with van der Waals surface area (Å²) in [6.07, 6.45) is -4.45. The number of amides is 2. The van der Waals surface area contributed by atoms with E-state index in [1.54, 1.807) is 24.3 Å². The first-order valence-corrected chi connectivity index (χ1v) is 10.4. The van der Waals surface area contributed by atoms with Crippen LogP contribution in [0.4, 0.5) is 18.9 Å². The van der Waals surface area contributed by atoms with Crippen LogP contribution in [-0.4, -0.2) is 59.3 Å². The van der Waals surface area contributed by atoms with E-state index in [2.05, 4.69) is 22.1 Å². The lowest BCUT2D eigenvalue weighted by molar-refractivity contribution is -0.137. The number of likely N-dealkylation sites (N-methyl/N-ethyl adjacent to an activating group) is 1. The number of anilines is 1. The number of carbonyl (C=O) groups is 2. The molecule has 168 valence electrons. The van der Waals surface area contributed by atoms with Gasteiger partial charge in [0.1, 0.15) is 5.69 Å². The van der Waals surface area contributed by atoms with E-state index in [1.807, 2.05) is 4.90 Å². The predicted octanol–water partition coefficient (Wildman–Crippen LogP) is 4.22. The average Bonchev–Trinajstić information content (AvgIpc) is 3.21. The van der Waals surface area contributed by atoms with Gasteiger partial charge in [-0.2, -0.15) is 13.2 Å². The fourth-order valence-corrected chi connectivity index (χ4v) is 3.78. The first kappa shape index (κ1) is 21.9. The van der Waals surface area contributed by atoms with E-state index in [1.165, 1.54) is 0 Å². The molecule has 6 nitrogen and oxygen atoms in total. The molecule has 1 aromatic heterocycles. The second kappa shape index (κ2) is 8.66. The molecular weight excluding hydrogens is 421 g/mol. The molecule has 2 amide bonds. The maximum Gasteiger partial charge on any atom is 0.416 e. The van der Waals surface area contributed by atoms with Crippen LogP contribution in [0.25, 0.3) is 10.9 Å². The number of alkyl halides is 3. The van der Waals surface area contributed by atoms with Gasteiger partial charge in [0, 0.05) is 48.3 Å². The molecule has 0 spiro atoms. The lowest BCUT2D eigenvalue weighted by Gasteiger charge is -2.33. The number of benzene rings is 2. The minimum absolute atomic E-state index is 0.0627. The maximum atomic E-state index is 12.8. The van der Waals surface area contributed by atoms with Crippen molar-refractivity contribution < 1.29 is 22.8 Å². The molecule has 9 heteroatoms. The Morgan fingerprint density at radius 3 is 2.31 bits per heavy atom. The maximum absolute atomic E-state index is 12.8. The van der Waals surface area contributed by atoms with Crippen LogP contribution in [0, 0.1) is 0 Å². The van der Waals surface area contributed by atoms with Gasteiger partial charge in [0.05, 0.1) is 5.56 Å². The number of aromatic amines is 1. The molecule has 4 rings (SSSR count). The van der Waals surface area contributed by atoms with Gasteiger partial charge >= 0.3 is 6.18 Å². The van der Waals surface area contributed by atoms with Crippen molar-refractivity contribution in [2.75, 3.05) is 38.0 Å². The van der Waals surface area contributed by atoms with Crippen molar-refractivity contribution in [1.29, 1.82) is 0 Å². The van der Waals surface area contributed by atoms with Crippen LogP contribution >= 0.6 is 0 Å². The fourth-order valence-electron chi connectivity index (χ4n) is 3.78. The molecule has 1 fully saturated rings. The number of hydrogen-bond acceptors (Lipinski definition) is 3. The van der Waals surface area contributed by atoms with Crippen molar-refractivity contribution in [3.05, 3.63) is 65.4 Å². The van der Waals surface area contributed by atoms with Gasteiger partial charge in [0.15, 0.2) is 0 Å². The smallest absolute Gasteiger partial charge is 0.351 e. The predicted molar refractivity (Wildman–Crippen MR) is 116 cm³/mol. The van der Waals surface area contributed by atoms with Crippen molar-refractivity contribution in [3.63, 3.8) is 0 Å². The molecule has 1 aliphatic heterocycles. The molecule has 32 heavy (non-hydrogen) atoms. The molecule has 2 N–H and O–H groups in total. The zero-order valence-electron chi connectivity index (χ0n) is 17.5. The Morgan fingerprint density at radius 1 is 1.00 bits per heavy atom. The van der Waals surface area contributed by atoms with Crippen LogP contribution in [0.15, 0.2) is 48.5 Å². The third kappa shape index (κ3) is 4.62. The number of fused-ring (bicyclic) bond motifs is 1. The quantitative estimate of drug-likeness (QED) is 0.633. The summed E-state index contributed by atoms with van der Waals surface area (Å²) >= 11 is 0. The number of H-pyrrole nitrogens is 1. The van der Waals surface area contributed by atoms with Crippen LogP contribution in [-0.2, 0) is 6.18 Å². The molecule has 2 heterocycles. The van der Waals surface area contributed by atoms with Gasteiger partial charge in [-0.15, -0.1) is 0 Å². The normalized spacial score (nSPS) is 15.2. The molecular formula is C23H23F3N4O2. The summed E-state index contributed by atoms with van der Waals surface area (Å²) in [6.45, 7) is 6.12. The number of rotatable bonds is 4. The minimum atomic E-state index is -4.45. The van der Waals surface area contributed by atoms with Gasteiger partial charge in [0.25, 0.3) is 11.8 Å². The number of halogens is 3. The summed E-state index contributed by atoms with van der Waals surface area (Å²) < 4.78 is 38.1. The highest BCUT2D eigenvalue weighted by atomic mass is 19.4. The van der Waals surface area contributed by atoms with Gasteiger partial charge in [-0.1, -0.05) is 6.92 Å². The van der Waals surface area contributed by atoms with Crippen molar-refractivity contribution in [3.8, 4) is 0 Å². The van der Waals surface area contributed by atoms with E-state index in [0.717, 1.165) is 54.8 Å². The van der Waals surface area contributed by atoms with Gasteiger partial charge in [0.2, 0.25) is 0 Å². The van der Waals surface area contributed by atoms with Crippen molar-refractivity contribution in [1.82, 2.24) is 14.8 Å². The third-order valence-corrected chi connectivity index (χ3v) is 5.69. The molecule has 0 unspecified atom stereocenters. The molecule has 1 aliphatic rings. The molecule has 1 saturated heterocycles. The van der Waals surface area contributed by atoms with E-state index in [4.69, 9.17) is 0 Å². The molecule has 0 atom stereocenters. The Balaban J connectivity index is 1.46. The highest BCUT2D eigenvalue weighted by molar-refractivity contribution is 6.05. The molecule has 2 aromatic carbocycles. The fraction of sp³-hybridized carbons (Fsp3) is 0.304. The SMILES string of the molecule is CCN1CCN(C(=O)c2cc3cc(NC(=O)c4ccc(C(F)(F)F)cc4)ccc3[nH]2)CC1. The average molecular weight is 444 g/mol. The molecule has 0 bridgehead atoms. The third-order valence-electron chi connectivity index (χ3n) is 5.69. The van der Waals surface area contributed by atoms with Crippen molar-refractivity contribution in [2.24, 2.45) is 0 Å². The zero-order chi connectivity index (χ0) is 22.9. The Morgan fingerprint density at radius 2 is 1.69 bits per heavy atom. The zero-order valence-corrected chi connectivity index (χ0v) is 17.5. The summed E-state index contributed by atoms with van der Waals surface area (Å²) in [7, 11) is 0. The summed E-state index contributed by atoms with van der Waals surface area (Å²) in [5.41, 5.74) is 1.03. The van der Waals surface area contributed by atoms with E-state index in [0.29, 0.717) is 24.5 Å². The van der Waals surface area contributed by atoms with Gasteiger partial charge < -0.3 is 20.1 Å². The number of carbonyl (C=O) groups excluding carboxylic acids is 2. The van der Waals surface area contributed by atoms with Crippen LogP contribution in [0.2, 0.25) is 0 Å². The first-order chi connectivity index (χ1) is 15.2. The Kier molecular flexibility index (Phi) is 5.92. The van der Waals surface area contributed by atoms with Crippen LogP contribution in [0.3, 0.4) is 0 Å². The second-order valence-electron chi connectivity index (χ2n) is 7.74. The molecule has 3 aromatic rings. The Labute approximate surface area is 183 Å². The number of piperazine rings is 1. The van der Waals surface area contributed by atoms with E-state index >= 15 is 0 Å². The van der Waals surface area contributed by atoms with Gasteiger partial charge in [-0.05, 0) is 55.1 Å².